The first-order chi connectivity index (χ1) is 8.77. The molecule has 0 spiro atoms. The van der Waals surface area contributed by atoms with Gasteiger partial charge in [-0.2, -0.15) is 0 Å². The number of amides is 1. The minimum Gasteiger partial charge on any atom is -0.349 e. The molecular formula is C14H20F2N2O. The molecule has 0 aliphatic carbocycles. The van der Waals surface area contributed by atoms with Crippen molar-refractivity contribution in [1.29, 1.82) is 0 Å². The number of benzene rings is 1. The number of carbonyl (C=O) groups is 1. The largest absolute Gasteiger partial charge is 0.349 e. The van der Waals surface area contributed by atoms with Crippen molar-refractivity contribution in [3.63, 3.8) is 0 Å². The number of rotatable bonds is 4. The summed E-state index contributed by atoms with van der Waals surface area (Å²) < 4.78 is 27.0. The van der Waals surface area contributed by atoms with Gasteiger partial charge in [-0.3, -0.25) is 4.79 Å². The van der Waals surface area contributed by atoms with Crippen LogP contribution in [0.1, 0.15) is 37.6 Å². The molecule has 0 saturated carbocycles. The van der Waals surface area contributed by atoms with Gasteiger partial charge in [0.1, 0.15) is 17.2 Å². The molecule has 1 rings (SSSR count). The minimum absolute atomic E-state index is 0.239. The SMILES string of the molecule is CC(C)(C)C(CCN)NC(=O)c1c(F)cccc1F. The van der Waals surface area contributed by atoms with Crippen LogP contribution in [0.25, 0.3) is 0 Å². The highest BCUT2D eigenvalue weighted by Crippen LogP contribution is 2.22. The highest BCUT2D eigenvalue weighted by molar-refractivity contribution is 5.95. The van der Waals surface area contributed by atoms with E-state index in [0.29, 0.717) is 13.0 Å². The van der Waals surface area contributed by atoms with E-state index in [-0.39, 0.29) is 11.5 Å². The molecule has 0 saturated heterocycles. The van der Waals surface area contributed by atoms with Crippen LogP contribution in [0.5, 0.6) is 0 Å². The second kappa shape index (κ2) is 6.10. The summed E-state index contributed by atoms with van der Waals surface area (Å²) in [5, 5.41) is 2.66. The van der Waals surface area contributed by atoms with Gasteiger partial charge in [0.05, 0.1) is 0 Å². The Morgan fingerprint density at radius 3 is 2.26 bits per heavy atom. The summed E-state index contributed by atoms with van der Waals surface area (Å²) in [4.78, 5) is 12.0. The summed E-state index contributed by atoms with van der Waals surface area (Å²) in [6.45, 7) is 6.20. The number of hydrogen-bond acceptors (Lipinski definition) is 2. The van der Waals surface area contributed by atoms with Crippen molar-refractivity contribution in [2.45, 2.75) is 33.2 Å². The fourth-order valence-electron chi connectivity index (χ4n) is 1.83. The smallest absolute Gasteiger partial charge is 0.257 e. The Kier molecular flexibility index (Phi) is 5.00. The first kappa shape index (κ1) is 15.6. The topological polar surface area (TPSA) is 55.1 Å². The number of carbonyl (C=O) groups excluding carboxylic acids is 1. The predicted octanol–water partition coefficient (Wildman–Crippen LogP) is 2.46. The van der Waals surface area contributed by atoms with Gasteiger partial charge in [0.25, 0.3) is 5.91 Å². The zero-order valence-corrected chi connectivity index (χ0v) is 11.5. The van der Waals surface area contributed by atoms with E-state index in [1.54, 1.807) is 0 Å². The summed E-state index contributed by atoms with van der Waals surface area (Å²) in [5.41, 5.74) is 4.71. The van der Waals surface area contributed by atoms with Gasteiger partial charge in [-0.1, -0.05) is 26.8 Å². The lowest BCUT2D eigenvalue weighted by atomic mass is 9.84. The van der Waals surface area contributed by atoms with Crippen molar-refractivity contribution in [1.82, 2.24) is 5.32 Å². The van der Waals surface area contributed by atoms with Gasteiger partial charge in [0.2, 0.25) is 0 Å². The molecule has 1 amide bonds. The van der Waals surface area contributed by atoms with Crippen LogP contribution < -0.4 is 11.1 Å². The fourth-order valence-corrected chi connectivity index (χ4v) is 1.83. The Morgan fingerprint density at radius 2 is 1.84 bits per heavy atom. The van der Waals surface area contributed by atoms with Gasteiger partial charge in [0.15, 0.2) is 0 Å². The van der Waals surface area contributed by atoms with Gasteiger partial charge >= 0.3 is 0 Å². The molecule has 0 aliphatic heterocycles. The van der Waals surface area contributed by atoms with Crippen molar-refractivity contribution >= 4 is 5.91 Å². The molecule has 3 N–H and O–H groups in total. The molecule has 1 aromatic rings. The molecular weight excluding hydrogens is 250 g/mol. The monoisotopic (exact) mass is 270 g/mol. The normalized spacial score (nSPS) is 13.2. The first-order valence-electron chi connectivity index (χ1n) is 6.22. The zero-order chi connectivity index (χ0) is 14.6. The summed E-state index contributed by atoms with van der Waals surface area (Å²) in [6.07, 6.45) is 0.547. The first-order valence-corrected chi connectivity index (χ1v) is 6.22. The molecule has 0 heterocycles. The molecule has 5 heteroatoms. The Morgan fingerprint density at radius 1 is 1.32 bits per heavy atom. The second-order valence-electron chi connectivity index (χ2n) is 5.57. The maximum Gasteiger partial charge on any atom is 0.257 e. The summed E-state index contributed by atoms with van der Waals surface area (Å²) in [5.74, 6) is -2.47. The maximum absolute atomic E-state index is 13.5. The van der Waals surface area contributed by atoms with Crippen molar-refractivity contribution < 1.29 is 13.6 Å². The quantitative estimate of drug-likeness (QED) is 0.883. The number of nitrogens with two attached hydrogens (primary N) is 1. The van der Waals surface area contributed by atoms with Gasteiger partial charge in [-0.15, -0.1) is 0 Å². The lowest BCUT2D eigenvalue weighted by molar-refractivity contribution is 0.0890. The Bertz CT molecular complexity index is 435. The molecule has 0 fully saturated rings. The van der Waals surface area contributed by atoms with Gasteiger partial charge < -0.3 is 11.1 Å². The molecule has 0 bridgehead atoms. The van der Waals surface area contributed by atoms with Crippen LogP contribution in [-0.4, -0.2) is 18.5 Å². The van der Waals surface area contributed by atoms with E-state index in [4.69, 9.17) is 5.73 Å². The lowest BCUT2D eigenvalue weighted by Crippen LogP contribution is -2.45. The number of halogens is 2. The van der Waals surface area contributed by atoms with Crippen molar-refractivity contribution in [2.75, 3.05) is 6.54 Å². The van der Waals surface area contributed by atoms with Gasteiger partial charge in [-0.25, -0.2) is 8.78 Å². The highest BCUT2D eigenvalue weighted by Gasteiger charge is 2.27. The lowest BCUT2D eigenvalue weighted by Gasteiger charge is -2.31. The van der Waals surface area contributed by atoms with Crippen molar-refractivity contribution in [3.8, 4) is 0 Å². The molecule has 0 aliphatic rings. The molecule has 3 nitrogen and oxygen atoms in total. The molecule has 106 valence electrons. The van der Waals surface area contributed by atoms with E-state index in [1.807, 2.05) is 20.8 Å². The minimum atomic E-state index is -0.863. The average Bonchev–Trinajstić information content (AvgIpc) is 2.27. The average molecular weight is 270 g/mol. The van der Waals surface area contributed by atoms with E-state index in [0.717, 1.165) is 12.1 Å². The summed E-state index contributed by atoms with van der Waals surface area (Å²) in [6, 6.07) is 3.10. The molecule has 0 aromatic heterocycles. The maximum atomic E-state index is 13.5. The van der Waals surface area contributed by atoms with Crippen LogP contribution in [0.4, 0.5) is 8.78 Å². The van der Waals surface area contributed by atoms with Crippen molar-refractivity contribution in [2.24, 2.45) is 11.1 Å². The van der Waals surface area contributed by atoms with E-state index in [2.05, 4.69) is 5.32 Å². The third kappa shape index (κ3) is 3.99. The van der Waals surface area contributed by atoms with Gasteiger partial charge in [-0.05, 0) is 30.5 Å². The molecule has 19 heavy (non-hydrogen) atoms. The molecule has 1 unspecified atom stereocenters. The third-order valence-electron chi connectivity index (χ3n) is 3.00. The van der Waals surface area contributed by atoms with Crippen LogP contribution in [0.3, 0.4) is 0 Å². The highest BCUT2D eigenvalue weighted by atomic mass is 19.1. The van der Waals surface area contributed by atoms with Gasteiger partial charge in [0, 0.05) is 6.04 Å². The molecule has 1 atom stereocenters. The molecule has 1 aromatic carbocycles. The second-order valence-corrected chi connectivity index (χ2v) is 5.57. The summed E-state index contributed by atoms with van der Waals surface area (Å²) >= 11 is 0. The van der Waals surface area contributed by atoms with E-state index in [1.165, 1.54) is 6.07 Å². The Labute approximate surface area is 112 Å². The van der Waals surface area contributed by atoms with Crippen LogP contribution >= 0.6 is 0 Å². The number of nitrogens with one attached hydrogen (secondary N) is 1. The Hall–Kier alpha value is -1.49. The zero-order valence-electron chi connectivity index (χ0n) is 11.5. The summed E-state index contributed by atoms with van der Waals surface area (Å²) in [7, 11) is 0. The Balaban J connectivity index is 2.95. The van der Waals surface area contributed by atoms with E-state index >= 15 is 0 Å². The molecule has 0 radical (unpaired) electrons. The van der Waals surface area contributed by atoms with Crippen LogP contribution in [0.15, 0.2) is 18.2 Å². The van der Waals surface area contributed by atoms with Crippen LogP contribution in [0.2, 0.25) is 0 Å². The van der Waals surface area contributed by atoms with Crippen LogP contribution in [0, 0.1) is 17.0 Å². The van der Waals surface area contributed by atoms with Crippen molar-refractivity contribution in [3.05, 3.63) is 35.4 Å². The van der Waals surface area contributed by atoms with Crippen LogP contribution in [-0.2, 0) is 0 Å². The predicted molar refractivity (Wildman–Crippen MR) is 70.7 cm³/mol. The fraction of sp³-hybridized carbons (Fsp3) is 0.500. The van der Waals surface area contributed by atoms with E-state index < -0.39 is 23.1 Å². The number of hydrogen-bond donors (Lipinski definition) is 2. The van der Waals surface area contributed by atoms with E-state index in [9.17, 15) is 13.6 Å². The standard InChI is InChI=1S/C14H20F2N2O/c1-14(2,3)11(7-8-17)18-13(19)12-9(15)5-4-6-10(12)16/h4-6,11H,7-8,17H2,1-3H3,(H,18,19). The third-order valence-corrected chi connectivity index (χ3v) is 3.00.